The molecule has 0 aliphatic heterocycles. The van der Waals surface area contributed by atoms with Gasteiger partial charge in [-0.15, -0.1) is 0 Å². The van der Waals surface area contributed by atoms with Crippen LogP contribution in [0.25, 0.3) is 0 Å². The van der Waals surface area contributed by atoms with Gasteiger partial charge in [0.2, 0.25) is 0 Å². The minimum Gasteiger partial charge on any atom is -0.0922 e. The minimum absolute atomic E-state index is 0.509. The molecule has 0 nitrogen and oxygen atoms in total. The third-order valence-electron chi connectivity index (χ3n) is 5.03. The first-order valence-corrected chi connectivity index (χ1v) is 8.51. The standard InChI is InChI=1S/C16H31Br/c1-6-13(2)11-16(12-17)9-7-14(8-10-16)15(3,4)5/h13-14H,6-12H2,1-5H3. The van der Waals surface area contributed by atoms with Gasteiger partial charge in [0.25, 0.3) is 0 Å². The molecule has 0 radical (unpaired) electrons. The van der Waals surface area contributed by atoms with Crippen molar-refractivity contribution in [3.8, 4) is 0 Å². The molecule has 0 saturated heterocycles. The molecule has 1 aliphatic rings. The molecule has 1 saturated carbocycles. The first-order chi connectivity index (χ1) is 7.83. The van der Waals surface area contributed by atoms with E-state index in [9.17, 15) is 0 Å². The van der Waals surface area contributed by atoms with Crippen molar-refractivity contribution in [2.75, 3.05) is 5.33 Å². The summed E-state index contributed by atoms with van der Waals surface area (Å²) in [5, 5.41) is 1.21. The van der Waals surface area contributed by atoms with Crippen LogP contribution in [0.3, 0.4) is 0 Å². The number of halogens is 1. The Balaban J connectivity index is 2.57. The molecule has 0 amide bonds. The molecule has 0 bridgehead atoms. The van der Waals surface area contributed by atoms with Crippen molar-refractivity contribution in [1.82, 2.24) is 0 Å². The van der Waals surface area contributed by atoms with E-state index in [1.54, 1.807) is 0 Å². The Labute approximate surface area is 117 Å². The molecule has 0 aromatic rings. The fourth-order valence-corrected chi connectivity index (χ4v) is 4.16. The van der Waals surface area contributed by atoms with E-state index in [-0.39, 0.29) is 0 Å². The van der Waals surface area contributed by atoms with Gasteiger partial charge in [-0.3, -0.25) is 0 Å². The zero-order valence-corrected chi connectivity index (χ0v) is 14.1. The van der Waals surface area contributed by atoms with Crippen LogP contribution in [0.1, 0.15) is 73.1 Å². The Bertz CT molecular complexity index is 218. The molecule has 0 spiro atoms. The summed E-state index contributed by atoms with van der Waals surface area (Å²) in [4.78, 5) is 0. The zero-order valence-electron chi connectivity index (χ0n) is 12.5. The Morgan fingerprint density at radius 1 is 1.24 bits per heavy atom. The summed E-state index contributed by atoms with van der Waals surface area (Å²) in [7, 11) is 0. The Kier molecular flexibility index (Phi) is 5.56. The lowest BCUT2D eigenvalue weighted by Gasteiger charge is -2.44. The molecule has 1 rings (SSSR count). The van der Waals surface area contributed by atoms with Crippen molar-refractivity contribution in [2.24, 2.45) is 22.7 Å². The second-order valence-electron chi connectivity index (χ2n) is 7.49. The lowest BCUT2D eigenvalue weighted by atomic mass is 9.62. The predicted molar refractivity (Wildman–Crippen MR) is 81.7 cm³/mol. The summed E-state index contributed by atoms with van der Waals surface area (Å²) >= 11 is 3.80. The number of hydrogen-bond donors (Lipinski definition) is 0. The van der Waals surface area contributed by atoms with Gasteiger partial charge in [-0.2, -0.15) is 0 Å². The highest BCUT2D eigenvalue weighted by atomic mass is 79.9. The van der Waals surface area contributed by atoms with Crippen molar-refractivity contribution in [3.05, 3.63) is 0 Å². The maximum atomic E-state index is 3.80. The van der Waals surface area contributed by atoms with Gasteiger partial charge >= 0.3 is 0 Å². The van der Waals surface area contributed by atoms with E-state index in [1.807, 2.05) is 0 Å². The summed E-state index contributed by atoms with van der Waals surface area (Å²) in [6, 6.07) is 0. The van der Waals surface area contributed by atoms with E-state index in [0.29, 0.717) is 10.8 Å². The van der Waals surface area contributed by atoms with Crippen LogP contribution in [0.4, 0.5) is 0 Å². The van der Waals surface area contributed by atoms with Crippen molar-refractivity contribution in [3.63, 3.8) is 0 Å². The first kappa shape index (κ1) is 15.5. The fourth-order valence-electron chi connectivity index (χ4n) is 3.37. The van der Waals surface area contributed by atoms with Crippen LogP contribution in [0.15, 0.2) is 0 Å². The van der Waals surface area contributed by atoms with E-state index in [1.165, 1.54) is 43.9 Å². The second-order valence-corrected chi connectivity index (χ2v) is 8.05. The molecule has 0 N–H and O–H groups in total. The van der Waals surface area contributed by atoms with E-state index in [2.05, 4.69) is 50.5 Å². The van der Waals surface area contributed by atoms with Gasteiger partial charge in [-0.25, -0.2) is 0 Å². The Morgan fingerprint density at radius 2 is 1.76 bits per heavy atom. The van der Waals surface area contributed by atoms with Crippen LogP contribution in [0, 0.1) is 22.7 Å². The molecule has 0 aromatic carbocycles. The van der Waals surface area contributed by atoms with E-state index in [0.717, 1.165) is 11.8 Å². The molecule has 0 heterocycles. The van der Waals surface area contributed by atoms with Crippen LogP contribution >= 0.6 is 15.9 Å². The summed E-state index contributed by atoms with van der Waals surface area (Å²) < 4.78 is 0. The smallest absolute Gasteiger partial charge is 0.00880 e. The van der Waals surface area contributed by atoms with Crippen molar-refractivity contribution in [2.45, 2.75) is 73.1 Å². The van der Waals surface area contributed by atoms with Crippen molar-refractivity contribution >= 4 is 15.9 Å². The lowest BCUT2D eigenvalue weighted by Crippen LogP contribution is -2.34. The molecule has 1 atom stereocenters. The maximum absolute atomic E-state index is 3.80. The van der Waals surface area contributed by atoms with Crippen LogP contribution in [-0.2, 0) is 0 Å². The Morgan fingerprint density at radius 3 is 2.12 bits per heavy atom. The van der Waals surface area contributed by atoms with Crippen LogP contribution in [0.2, 0.25) is 0 Å². The number of hydrogen-bond acceptors (Lipinski definition) is 0. The van der Waals surface area contributed by atoms with E-state index < -0.39 is 0 Å². The zero-order chi connectivity index (χ0) is 13.1. The first-order valence-electron chi connectivity index (χ1n) is 7.39. The quantitative estimate of drug-likeness (QED) is 0.555. The van der Waals surface area contributed by atoms with Gasteiger partial charge in [-0.05, 0) is 54.8 Å². The minimum atomic E-state index is 0.509. The van der Waals surface area contributed by atoms with Crippen molar-refractivity contribution < 1.29 is 0 Å². The molecule has 1 heteroatoms. The predicted octanol–water partition coefficient (Wildman–Crippen LogP) is 6.04. The van der Waals surface area contributed by atoms with Gasteiger partial charge in [-0.1, -0.05) is 57.0 Å². The summed E-state index contributed by atoms with van der Waals surface area (Å²) in [6.45, 7) is 12.0. The molecule has 1 fully saturated rings. The Hall–Kier alpha value is 0.480. The van der Waals surface area contributed by atoms with E-state index >= 15 is 0 Å². The largest absolute Gasteiger partial charge is 0.0922 e. The van der Waals surface area contributed by atoms with Gasteiger partial charge in [0, 0.05) is 5.33 Å². The van der Waals surface area contributed by atoms with Crippen LogP contribution in [-0.4, -0.2) is 5.33 Å². The maximum Gasteiger partial charge on any atom is 0.00880 e. The fraction of sp³-hybridized carbons (Fsp3) is 1.00. The highest BCUT2D eigenvalue weighted by molar-refractivity contribution is 9.09. The molecule has 0 aromatic heterocycles. The summed E-state index contributed by atoms with van der Waals surface area (Å²) in [5.74, 6) is 1.82. The topological polar surface area (TPSA) is 0 Å². The monoisotopic (exact) mass is 302 g/mol. The highest BCUT2D eigenvalue weighted by Gasteiger charge is 2.38. The van der Waals surface area contributed by atoms with Gasteiger partial charge in [0.1, 0.15) is 0 Å². The van der Waals surface area contributed by atoms with Crippen molar-refractivity contribution in [1.29, 1.82) is 0 Å². The van der Waals surface area contributed by atoms with E-state index in [4.69, 9.17) is 0 Å². The molecule has 1 unspecified atom stereocenters. The average Bonchev–Trinajstić information content (AvgIpc) is 2.28. The van der Waals surface area contributed by atoms with Gasteiger partial charge < -0.3 is 0 Å². The molecule has 1 aliphatic carbocycles. The normalized spacial score (nSPS) is 32.5. The molecule has 17 heavy (non-hydrogen) atoms. The second kappa shape index (κ2) is 6.08. The molecular weight excluding hydrogens is 272 g/mol. The SMILES string of the molecule is CCC(C)CC1(CBr)CCC(C(C)(C)C)CC1. The van der Waals surface area contributed by atoms with Gasteiger partial charge in [0.05, 0.1) is 0 Å². The molecule has 102 valence electrons. The molecular formula is C16H31Br. The third-order valence-corrected chi connectivity index (χ3v) is 6.22. The lowest BCUT2D eigenvalue weighted by molar-refractivity contribution is 0.0860. The summed E-state index contributed by atoms with van der Waals surface area (Å²) in [6.07, 6.45) is 8.50. The van der Waals surface area contributed by atoms with Crippen LogP contribution < -0.4 is 0 Å². The number of rotatable bonds is 4. The highest BCUT2D eigenvalue weighted by Crippen LogP contribution is 2.49. The average molecular weight is 303 g/mol. The number of alkyl halides is 1. The third kappa shape index (κ3) is 4.26. The summed E-state index contributed by atoms with van der Waals surface area (Å²) in [5.41, 5.74) is 1.12. The van der Waals surface area contributed by atoms with Gasteiger partial charge in [0.15, 0.2) is 0 Å². The van der Waals surface area contributed by atoms with Crippen LogP contribution in [0.5, 0.6) is 0 Å².